The van der Waals surface area contributed by atoms with Gasteiger partial charge in [0.05, 0.1) is 30.3 Å². The monoisotopic (exact) mass is 532 g/mol. The van der Waals surface area contributed by atoms with Crippen molar-refractivity contribution in [3.63, 3.8) is 0 Å². The predicted molar refractivity (Wildman–Crippen MR) is 139 cm³/mol. The van der Waals surface area contributed by atoms with Crippen molar-refractivity contribution >= 4 is 51.4 Å². The van der Waals surface area contributed by atoms with E-state index in [2.05, 4.69) is 20.6 Å². The number of aromatic nitrogens is 3. The fraction of sp³-hybridized carbons (Fsp3) is 0.280. The van der Waals surface area contributed by atoms with E-state index in [1.165, 1.54) is 13.2 Å². The van der Waals surface area contributed by atoms with E-state index in [4.69, 9.17) is 32.9 Å². The van der Waals surface area contributed by atoms with Crippen molar-refractivity contribution in [2.75, 3.05) is 43.5 Å². The Hall–Kier alpha value is -3.14. The van der Waals surface area contributed by atoms with E-state index in [0.29, 0.717) is 65.2 Å². The summed E-state index contributed by atoms with van der Waals surface area (Å²) in [5, 5.41) is 7.28. The average Bonchev–Trinajstić information content (AvgIpc) is 3.35. The Labute approximate surface area is 216 Å². The fourth-order valence-corrected chi connectivity index (χ4v) is 5.02. The number of benzene rings is 2. The second-order valence-electron chi connectivity index (χ2n) is 8.50. The SMILES string of the molecule is COc1c(Nc2nc(Cc3c(Cl)cccc3Cl)c3nc[nH]c3c2C)cc(F)c(N2CCNCC2)c1F. The summed E-state index contributed by atoms with van der Waals surface area (Å²) in [5.74, 6) is -1.13. The molecule has 0 amide bonds. The third kappa shape index (κ3) is 4.42. The zero-order chi connectivity index (χ0) is 25.4. The molecule has 4 aromatic rings. The molecule has 0 aliphatic carbocycles. The molecule has 3 N–H and O–H groups in total. The predicted octanol–water partition coefficient (Wildman–Crippen LogP) is 5.60. The van der Waals surface area contributed by atoms with Gasteiger partial charge in [0.1, 0.15) is 17.0 Å². The molecule has 0 spiro atoms. The van der Waals surface area contributed by atoms with E-state index in [9.17, 15) is 0 Å². The number of aromatic amines is 1. The van der Waals surface area contributed by atoms with Crippen molar-refractivity contribution in [1.82, 2.24) is 20.3 Å². The Bertz CT molecular complexity index is 1420. The molecule has 0 unspecified atom stereocenters. The average molecular weight is 533 g/mol. The first kappa shape index (κ1) is 24.5. The molecule has 2 aromatic heterocycles. The first-order chi connectivity index (χ1) is 17.4. The Kier molecular flexibility index (Phi) is 6.87. The highest BCUT2D eigenvalue weighted by Crippen LogP contribution is 2.40. The number of ether oxygens (including phenoxy) is 1. The minimum atomic E-state index is -0.759. The van der Waals surface area contributed by atoms with Crippen molar-refractivity contribution in [3.05, 3.63) is 69.1 Å². The molecule has 1 saturated heterocycles. The highest BCUT2D eigenvalue weighted by Gasteiger charge is 2.26. The molecule has 1 aliphatic heterocycles. The van der Waals surface area contributed by atoms with Crippen molar-refractivity contribution in [2.24, 2.45) is 0 Å². The molecule has 0 atom stereocenters. The molecule has 7 nitrogen and oxygen atoms in total. The number of methoxy groups -OCH3 is 1. The summed E-state index contributed by atoms with van der Waals surface area (Å²) in [4.78, 5) is 14.0. The number of halogens is 4. The van der Waals surface area contributed by atoms with Crippen molar-refractivity contribution < 1.29 is 13.5 Å². The van der Waals surface area contributed by atoms with Crippen LogP contribution in [-0.4, -0.2) is 48.2 Å². The molecular formula is C25H24Cl2F2N6O. The molecule has 1 aliphatic rings. The molecule has 0 saturated carbocycles. The van der Waals surface area contributed by atoms with Crippen LogP contribution in [0.3, 0.4) is 0 Å². The number of anilines is 3. The number of piperazine rings is 1. The van der Waals surface area contributed by atoms with Crippen molar-refractivity contribution in [1.29, 1.82) is 0 Å². The second-order valence-corrected chi connectivity index (χ2v) is 9.31. The Morgan fingerprint density at radius 1 is 1.17 bits per heavy atom. The molecular weight excluding hydrogens is 509 g/mol. The lowest BCUT2D eigenvalue weighted by atomic mass is 10.1. The van der Waals surface area contributed by atoms with Crippen LogP contribution in [0.15, 0.2) is 30.6 Å². The third-order valence-corrected chi connectivity index (χ3v) is 7.04. The molecule has 36 heavy (non-hydrogen) atoms. The number of fused-ring (bicyclic) bond motifs is 1. The van der Waals surface area contributed by atoms with Crippen LogP contribution in [0.2, 0.25) is 10.0 Å². The van der Waals surface area contributed by atoms with E-state index in [1.807, 2.05) is 6.92 Å². The summed E-state index contributed by atoms with van der Waals surface area (Å²) in [5.41, 5.74) is 3.47. The van der Waals surface area contributed by atoms with Crippen molar-refractivity contribution in [2.45, 2.75) is 13.3 Å². The van der Waals surface area contributed by atoms with Crippen LogP contribution < -0.4 is 20.3 Å². The van der Waals surface area contributed by atoms with Gasteiger partial charge in [-0.15, -0.1) is 0 Å². The van der Waals surface area contributed by atoms with E-state index < -0.39 is 11.6 Å². The smallest absolute Gasteiger partial charge is 0.193 e. The maximum Gasteiger partial charge on any atom is 0.193 e. The minimum Gasteiger partial charge on any atom is -0.492 e. The lowest BCUT2D eigenvalue weighted by molar-refractivity contribution is 0.385. The van der Waals surface area contributed by atoms with Gasteiger partial charge in [0.2, 0.25) is 0 Å². The summed E-state index contributed by atoms with van der Waals surface area (Å²) >= 11 is 12.8. The first-order valence-corrected chi connectivity index (χ1v) is 12.2. The van der Waals surface area contributed by atoms with E-state index in [-0.39, 0.29) is 17.1 Å². The molecule has 188 valence electrons. The zero-order valence-electron chi connectivity index (χ0n) is 19.7. The molecule has 2 aromatic carbocycles. The van der Waals surface area contributed by atoms with Crippen LogP contribution in [-0.2, 0) is 6.42 Å². The summed E-state index contributed by atoms with van der Waals surface area (Å²) < 4.78 is 36.1. The minimum absolute atomic E-state index is 0.0912. The van der Waals surface area contributed by atoms with Gasteiger partial charge < -0.3 is 25.3 Å². The highest BCUT2D eigenvalue weighted by molar-refractivity contribution is 6.36. The van der Waals surface area contributed by atoms with Gasteiger partial charge in [0, 0.05) is 54.3 Å². The van der Waals surface area contributed by atoms with Crippen LogP contribution in [0, 0.1) is 18.6 Å². The molecule has 5 rings (SSSR count). The molecule has 0 bridgehead atoms. The zero-order valence-corrected chi connectivity index (χ0v) is 21.2. The number of H-pyrrole nitrogens is 1. The summed E-state index contributed by atoms with van der Waals surface area (Å²) in [7, 11) is 1.35. The van der Waals surface area contributed by atoms with Crippen LogP contribution >= 0.6 is 23.2 Å². The Morgan fingerprint density at radius 3 is 2.58 bits per heavy atom. The Morgan fingerprint density at radius 2 is 1.89 bits per heavy atom. The van der Waals surface area contributed by atoms with Gasteiger partial charge >= 0.3 is 0 Å². The van der Waals surface area contributed by atoms with E-state index in [0.717, 1.165) is 11.1 Å². The van der Waals surface area contributed by atoms with Gasteiger partial charge in [0.15, 0.2) is 17.4 Å². The summed E-state index contributed by atoms with van der Waals surface area (Å²) in [6.45, 7) is 4.12. The fourth-order valence-electron chi connectivity index (χ4n) is 4.49. The number of nitrogens with zero attached hydrogens (tertiary/aromatic N) is 3. The molecule has 0 radical (unpaired) electrons. The maximum absolute atomic E-state index is 15.5. The molecule has 3 heterocycles. The van der Waals surface area contributed by atoms with E-state index >= 15 is 8.78 Å². The lowest BCUT2D eigenvalue weighted by Crippen LogP contribution is -2.44. The first-order valence-electron chi connectivity index (χ1n) is 11.4. The van der Waals surface area contributed by atoms with Gasteiger partial charge in [-0.25, -0.2) is 18.7 Å². The topological polar surface area (TPSA) is 78.1 Å². The molecule has 1 fully saturated rings. The van der Waals surface area contributed by atoms with Gasteiger partial charge in [0.25, 0.3) is 0 Å². The summed E-state index contributed by atoms with van der Waals surface area (Å²) in [6, 6.07) is 6.53. The third-order valence-electron chi connectivity index (χ3n) is 6.34. The van der Waals surface area contributed by atoms with Crippen LogP contribution in [0.1, 0.15) is 16.8 Å². The number of hydrogen-bond acceptors (Lipinski definition) is 6. The van der Waals surface area contributed by atoms with Gasteiger partial charge in [-0.2, -0.15) is 0 Å². The summed E-state index contributed by atoms with van der Waals surface area (Å²) in [6.07, 6.45) is 1.89. The van der Waals surface area contributed by atoms with Gasteiger partial charge in [-0.1, -0.05) is 29.3 Å². The standard InChI is InChI=1S/C25H24Cl2F2N6O/c1-13-21-22(32-12-31-21)18(10-14-15(26)4-3-5-16(14)27)33-25(13)34-19-11-17(28)23(20(29)24(19)36-2)35-8-6-30-7-9-35/h3-5,11-12,30H,6-10H2,1-2H3,(H,31,32)(H,33,34). The Balaban J connectivity index is 1.57. The maximum atomic E-state index is 15.5. The van der Waals surface area contributed by atoms with Crippen LogP contribution in [0.25, 0.3) is 11.0 Å². The molecule has 11 heteroatoms. The van der Waals surface area contributed by atoms with Gasteiger partial charge in [-0.3, -0.25) is 0 Å². The lowest BCUT2D eigenvalue weighted by Gasteiger charge is -2.30. The van der Waals surface area contributed by atoms with Crippen LogP contribution in [0.5, 0.6) is 5.75 Å². The number of nitrogens with one attached hydrogen (secondary N) is 3. The number of aryl methyl sites for hydroxylation is 1. The van der Waals surface area contributed by atoms with Gasteiger partial charge in [-0.05, 0) is 24.6 Å². The number of rotatable bonds is 6. The normalized spacial score (nSPS) is 13.9. The second kappa shape index (κ2) is 10.1. The number of imidazole rings is 1. The largest absolute Gasteiger partial charge is 0.492 e. The number of pyridine rings is 1. The highest BCUT2D eigenvalue weighted by atomic mass is 35.5. The van der Waals surface area contributed by atoms with E-state index in [1.54, 1.807) is 29.4 Å². The quantitative estimate of drug-likeness (QED) is 0.300. The number of hydrogen-bond donors (Lipinski definition) is 3. The van der Waals surface area contributed by atoms with Crippen LogP contribution in [0.4, 0.5) is 26.0 Å². The van der Waals surface area contributed by atoms with Crippen molar-refractivity contribution in [3.8, 4) is 5.75 Å².